The van der Waals surface area contributed by atoms with Crippen molar-refractivity contribution < 1.29 is 14.4 Å². The largest absolute Gasteiger partial charge is 0.378 e. The Balaban J connectivity index is 1.97. The fourth-order valence-electron chi connectivity index (χ4n) is 2.54. The highest BCUT2D eigenvalue weighted by atomic mass is 35.5. The SMILES string of the molecule is CN(C)c1ccc(C=C2C(=O)NC(=O)N(c3cccc(Cl)c3)C2=O)cc1. The van der Waals surface area contributed by atoms with Gasteiger partial charge in [0.1, 0.15) is 5.57 Å². The van der Waals surface area contributed by atoms with Crippen molar-refractivity contribution in [2.75, 3.05) is 23.9 Å². The summed E-state index contributed by atoms with van der Waals surface area (Å²) in [6, 6.07) is 12.8. The van der Waals surface area contributed by atoms with Crippen molar-refractivity contribution in [3.05, 3.63) is 64.7 Å². The molecular formula is C19H16ClN3O3. The van der Waals surface area contributed by atoms with Gasteiger partial charge >= 0.3 is 6.03 Å². The fourth-order valence-corrected chi connectivity index (χ4v) is 2.73. The van der Waals surface area contributed by atoms with E-state index < -0.39 is 17.8 Å². The summed E-state index contributed by atoms with van der Waals surface area (Å²) in [4.78, 5) is 39.9. The Bertz CT molecular complexity index is 920. The Labute approximate surface area is 155 Å². The molecule has 0 saturated carbocycles. The second-order valence-electron chi connectivity index (χ2n) is 5.92. The molecule has 132 valence electrons. The Morgan fingerprint density at radius 1 is 1.04 bits per heavy atom. The number of rotatable bonds is 3. The average Bonchev–Trinajstić information content (AvgIpc) is 2.59. The maximum absolute atomic E-state index is 12.8. The van der Waals surface area contributed by atoms with Crippen molar-refractivity contribution in [2.45, 2.75) is 0 Å². The number of imide groups is 2. The lowest BCUT2D eigenvalue weighted by atomic mass is 10.1. The highest BCUT2D eigenvalue weighted by molar-refractivity contribution is 6.39. The minimum atomic E-state index is -0.803. The maximum atomic E-state index is 12.8. The van der Waals surface area contributed by atoms with Crippen LogP contribution < -0.4 is 15.1 Å². The minimum absolute atomic E-state index is 0.123. The molecule has 2 aromatic carbocycles. The smallest absolute Gasteiger partial charge is 0.335 e. The molecule has 6 nitrogen and oxygen atoms in total. The molecule has 1 aliphatic heterocycles. The molecule has 0 aromatic heterocycles. The molecule has 1 saturated heterocycles. The molecule has 0 radical (unpaired) electrons. The molecule has 26 heavy (non-hydrogen) atoms. The highest BCUT2D eigenvalue weighted by Crippen LogP contribution is 2.24. The predicted octanol–water partition coefficient (Wildman–Crippen LogP) is 3.07. The number of anilines is 2. The third-order valence-electron chi connectivity index (χ3n) is 3.89. The molecule has 1 aliphatic rings. The summed E-state index contributed by atoms with van der Waals surface area (Å²) in [5, 5.41) is 2.56. The molecule has 4 amide bonds. The molecule has 1 fully saturated rings. The van der Waals surface area contributed by atoms with E-state index in [1.54, 1.807) is 30.3 Å². The van der Waals surface area contributed by atoms with Gasteiger partial charge in [0, 0.05) is 24.8 Å². The summed E-state index contributed by atoms with van der Waals surface area (Å²) in [6.45, 7) is 0. The van der Waals surface area contributed by atoms with E-state index in [4.69, 9.17) is 11.6 Å². The normalized spacial score (nSPS) is 16.0. The number of halogens is 1. The minimum Gasteiger partial charge on any atom is -0.378 e. The average molecular weight is 370 g/mol. The molecule has 7 heteroatoms. The quantitative estimate of drug-likeness (QED) is 0.666. The number of hydrogen-bond acceptors (Lipinski definition) is 4. The van der Waals surface area contributed by atoms with E-state index in [0.717, 1.165) is 10.6 Å². The lowest BCUT2D eigenvalue weighted by Crippen LogP contribution is -2.54. The molecule has 0 aliphatic carbocycles. The van der Waals surface area contributed by atoms with Crippen LogP contribution in [0, 0.1) is 0 Å². The highest BCUT2D eigenvalue weighted by Gasteiger charge is 2.36. The third-order valence-corrected chi connectivity index (χ3v) is 4.12. The first-order chi connectivity index (χ1) is 12.4. The number of carbonyl (C=O) groups is 3. The number of urea groups is 1. The van der Waals surface area contributed by atoms with E-state index in [2.05, 4.69) is 5.32 Å². The summed E-state index contributed by atoms with van der Waals surface area (Å²) in [6.07, 6.45) is 1.46. The Hall–Kier alpha value is -3.12. The van der Waals surface area contributed by atoms with Crippen molar-refractivity contribution in [3.8, 4) is 0 Å². The van der Waals surface area contributed by atoms with E-state index in [9.17, 15) is 14.4 Å². The van der Waals surface area contributed by atoms with Gasteiger partial charge in [0.25, 0.3) is 11.8 Å². The first kappa shape index (κ1) is 17.7. The van der Waals surface area contributed by atoms with Crippen LogP contribution in [0.5, 0.6) is 0 Å². The predicted molar refractivity (Wildman–Crippen MR) is 101 cm³/mol. The second kappa shape index (κ2) is 7.01. The monoisotopic (exact) mass is 369 g/mol. The van der Waals surface area contributed by atoms with Gasteiger partial charge in [-0.1, -0.05) is 29.8 Å². The number of carbonyl (C=O) groups excluding carboxylic acids is 3. The zero-order chi connectivity index (χ0) is 18.8. The van der Waals surface area contributed by atoms with Gasteiger partial charge < -0.3 is 4.90 Å². The number of benzene rings is 2. The Morgan fingerprint density at radius 3 is 2.35 bits per heavy atom. The van der Waals surface area contributed by atoms with E-state index in [1.807, 2.05) is 31.1 Å². The molecule has 0 bridgehead atoms. The standard InChI is InChI=1S/C19H16ClN3O3/c1-22(2)14-8-6-12(7-9-14)10-16-17(24)21-19(26)23(18(16)25)15-5-3-4-13(20)11-15/h3-11H,1-2H3,(H,21,24,26). The fraction of sp³-hybridized carbons (Fsp3) is 0.105. The van der Waals surface area contributed by atoms with E-state index >= 15 is 0 Å². The lowest BCUT2D eigenvalue weighted by molar-refractivity contribution is -0.122. The van der Waals surface area contributed by atoms with Crippen LogP contribution in [0.3, 0.4) is 0 Å². The topological polar surface area (TPSA) is 69.7 Å². The van der Waals surface area contributed by atoms with Crippen molar-refractivity contribution in [3.63, 3.8) is 0 Å². The molecule has 1 heterocycles. The summed E-state index contributed by atoms with van der Waals surface area (Å²) >= 11 is 5.94. The van der Waals surface area contributed by atoms with Gasteiger partial charge in [-0.15, -0.1) is 0 Å². The van der Waals surface area contributed by atoms with Crippen LogP contribution in [0.15, 0.2) is 54.1 Å². The van der Waals surface area contributed by atoms with Crippen LogP contribution in [0.2, 0.25) is 5.02 Å². The number of nitrogens with one attached hydrogen (secondary N) is 1. The van der Waals surface area contributed by atoms with E-state index in [0.29, 0.717) is 16.3 Å². The Morgan fingerprint density at radius 2 is 1.73 bits per heavy atom. The second-order valence-corrected chi connectivity index (χ2v) is 6.36. The number of amides is 4. The van der Waals surface area contributed by atoms with Crippen LogP contribution in [0.4, 0.5) is 16.2 Å². The number of barbiturate groups is 1. The van der Waals surface area contributed by atoms with Crippen LogP contribution in [0.1, 0.15) is 5.56 Å². The number of hydrogen-bond donors (Lipinski definition) is 1. The van der Waals surface area contributed by atoms with Crippen LogP contribution in [-0.2, 0) is 9.59 Å². The van der Waals surface area contributed by atoms with E-state index in [-0.39, 0.29) is 5.57 Å². The van der Waals surface area contributed by atoms with Gasteiger partial charge in [-0.25, -0.2) is 9.69 Å². The molecule has 0 atom stereocenters. The van der Waals surface area contributed by atoms with Crippen molar-refractivity contribution in [1.29, 1.82) is 0 Å². The van der Waals surface area contributed by atoms with Gasteiger partial charge in [0.05, 0.1) is 5.69 Å². The van der Waals surface area contributed by atoms with Gasteiger partial charge in [-0.2, -0.15) is 0 Å². The molecule has 1 N–H and O–H groups in total. The Kier molecular flexibility index (Phi) is 4.77. The lowest BCUT2D eigenvalue weighted by Gasteiger charge is -2.26. The van der Waals surface area contributed by atoms with Crippen molar-refractivity contribution in [1.82, 2.24) is 5.32 Å². The zero-order valence-electron chi connectivity index (χ0n) is 14.2. The van der Waals surface area contributed by atoms with Gasteiger partial charge in [-0.05, 0) is 42.0 Å². The van der Waals surface area contributed by atoms with Crippen LogP contribution in [-0.4, -0.2) is 31.9 Å². The third kappa shape index (κ3) is 3.45. The van der Waals surface area contributed by atoms with Gasteiger partial charge in [0.2, 0.25) is 0 Å². The van der Waals surface area contributed by atoms with Gasteiger partial charge in [0.15, 0.2) is 0 Å². The molecule has 0 unspecified atom stereocenters. The number of nitrogens with zero attached hydrogens (tertiary/aromatic N) is 2. The van der Waals surface area contributed by atoms with Gasteiger partial charge in [-0.3, -0.25) is 14.9 Å². The summed E-state index contributed by atoms with van der Waals surface area (Å²) in [7, 11) is 3.83. The first-order valence-corrected chi connectivity index (χ1v) is 8.19. The van der Waals surface area contributed by atoms with Crippen molar-refractivity contribution >= 4 is 46.9 Å². The molecule has 0 spiro atoms. The summed E-state index contributed by atoms with van der Waals surface area (Å²) < 4.78 is 0. The molecule has 2 aromatic rings. The summed E-state index contributed by atoms with van der Waals surface area (Å²) in [5.41, 5.74) is 1.83. The molecular weight excluding hydrogens is 354 g/mol. The zero-order valence-corrected chi connectivity index (χ0v) is 14.9. The molecule has 3 rings (SSSR count). The van der Waals surface area contributed by atoms with E-state index in [1.165, 1.54) is 12.1 Å². The first-order valence-electron chi connectivity index (χ1n) is 7.81. The van der Waals surface area contributed by atoms with Crippen LogP contribution >= 0.6 is 11.6 Å². The van der Waals surface area contributed by atoms with Crippen LogP contribution in [0.25, 0.3) is 6.08 Å². The summed E-state index contributed by atoms with van der Waals surface area (Å²) in [5.74, 6) is -1.42. The van der Waals surface area contributed by atoms with Crippen molar-refractivity contribution in [2.24, 2.45) is 0 Å². The maximum Gasteiger partial charge on any atom is 0.335 e.